The lowest BCUT2D eigenvalue weighted by molar-refractivity contribution is 0.0438. The fourth-order valence-corrected chi connectivity index (χ4v) is 2.09. The van der Waals surface area contributed by atoms with Gasteiger partial charge >= 0.3 is 11.9 Å². The quantitative estimate of drug-likeness (QED) is 0.794. The molecule has 0 radical (unpaired) electrons. The summed E-state index contributed by atoms with van der Waals surface area (Å²) in [6, 6.07) is 2.91. The number of carboxylic acids is 1. The summed E-state index contributed by atoms with van der Waals surface area (Å²) in [5, 5.41) is 8.73. The van der Waals surface area contributed by atoms with E-state index in [0.717, 1.165) is 24.2 Å². The van der Waals surface area contributed by atoms with Crippen molar-refractivity contribution in [2.75, 3.05) is 6.61 Å². The smallest absolute Gasteiger partial charge is 0.348 e. The number of aromatic carboxylic acids is 1. The first-order chi connectivity index (χ1) is 8.08. The van der Waals surface area contributed by atoms with Crippen molar-refractivity contribution < 1.29 is 19.4 Å². The fourth-order valence-electron chi connectivity index (χ4n) is 1.35. The van der Waals surface area contributed by atoms with Crippen molar-refractivity contribution >= 4 is 23.3 Å². The molecule has 0 amide bonds. The summed E-state index contributed by atoms with van der Waals surface area (Å²) < 4.78 is 5.14. The third-order valence-corrected chi connectivity index (χ3v) is 3.68. The molecule has 0 aliphatic rings. The van der Waals surface area contributed by atoms with Crippen LogP contribution in [0.2, 0.25) is 0 Å². The molecule has 94 valence electrons. The number of esters is 1. The molecule has 0 fully saturated rings. The Hall–Kier alpha value is -1.36. The Balaban J connectivity index is 2.54. The Kier molecular flexibility index (Phi) is 5.15. The molecule has 1 rings (SSSR count). The lowest BCUT2D eigenvalue weighted by atomic mass is 10.1. The van der Waals surface area contributed by atoms with Crippen LogP contribution in [-0.4, -0.2) is 23.7 Å². The number of ether oxygens (including phenoxy) is 1. The summed E-state index contributed by atoms with van der Waals surface area (Å²) >= 11 is 0.942. The molecule has 0 aromatic carbocycles. The molecule has 1 heterocycles. The van der Waals surface area contributed by atoms with E-state index >= 15 is 0 Å². The van der Waals surface area contributed by atoms with Crippen molar-refractivity contribution in [1.82, 2.24) is 0 Å². The zero-order valence-electron chi connectivity index (χ0n) is 9.93. The molecule has 0 saturated carbocycles. The van der Waals surface area contributed by atoms with E-state index in [1.807, 2.05) is 0 Å². The summed E-state index contributed by atoms with van der Waals surface area (Å²) in [7, 11) is 0. The summed E-state index contributed by atoms with van der Waals surface area (Å²) in [6.07, 6.45) is 1.93. The van der Waals surface area contributed by atoms with E-state index in [-0.39, 0.29) is 4.88 Å². The molecule has 0 aliphatic heterocycles. The Bertz CT molecular complexity index is 393. The second-order valence-electron chi connectivity index (χ2n) is 3.75. The Morgan fingerprint density at radius 3 is 2.35 bits per heavy atom. The number of rotatable bonds is 6. The average Bonchev–Trinajstić information content (AvgIpc) is 2.79. The van der Waals surface area contributed by atoms with Crippen molar-refractivity contribution in [2.45, 2.75) is 26.7 Å². The van der Waals surface area contributed by atoms with Gasteiger partial charge in [0, 0.05) is 0 Å². The van der Waals surface area contributed by atoms with Crippen LogP contribution in [0.25, 0.3) is 0 Å². The van der Waals surface area contributed by atoms with E-state index in [2.05, 4.69) is 13.8 Å². The minimum absolute atomic E-state index is 0.152. The summed E-state index contributed by atoms with van der Waals surface area (Å²) in [5.74, 6) is -1.08. The second-order valence-corrected chi connectivity index (χ2v) is 4.83. The zero-order valence-corrected chi connectivity index (χ0v) is 10.8. The second kappa shape index (κ2) is 6.39. The van der Waals surface area contributed by atoms with Gasteiger partial charge in [0.15, 0.2) is 0 Å². The van der Waals surface area contributed by atoms with Gasteiger partial charge in [-0.2, -0.15) is 0 Å². The highest BCUT2D eigenvalue weighted by molar-refractivity contribution is 7.15. The Morgan fingerprint density at radius 2 is 1.88 bits per heavy atom. The van der Waals surface area contributed by atoms with Gasteiger partial charge in [0.2, 0.25) is 0 Å². The predicted octanol–water partition coefficient (Wildman–Crippen LogP) is 3.04. The topological polar surface area (TPSA) is 63.6 Å². The molecule has 0 spiro atoms. The maximum absolute atomic E-state index is 11.6. The van der Waals surface area contributed by atoms with Gasteiger partial charge in [-0.3, -0.25) is 0 Å². The van der Waals surface area contributed by atoms with Crippen LogP contribution >= 0.6 is 11.3 Å². The first-order valence-corrected chi connectivity index (χ1v) is 6.40. The van der Waals surface area contributed by atoms with E-state index in [0.29, 0.717) is 17.4 Å². The lowest BCUT2D eigenvalue weighted by Gasteiger charge is -2.11. The number of hydrogen-bond donors (Lipinski definition) is 1. The van der Waals surface area contributed by atoms with Gasteiger partial charge in [-0.15, -0.1) is 11.3 Å². The average molecular weight is 256 g/mol. The van der Waals surface area contributed by atoms with Crippen LogP contribution in [0, 0.1) is 5.92 Å². The number of thiophene rings is 1. The van der Waals surface area contributed by atoms with Crippen LogP contribution in [0.1, 0.15) is 46.0 Å². The third-order valence-electron chi connectivity index (χ3n) is 2.62. The van der Waals surface area contributed by atoms with Crippen LogP contribution in [0.5, 0.6) is 0 Å². The molecule has 0 saturated heterocycles. The third kappa shape index (κ3) is 3.85. The first-order valence-electron chi connectivity index (χ1n) is 5.58. The Labute approximate surface area is 104 Å². The van der Waals surface area contributed by atoms with E-state index < -0.39 is 11.9 Å². The van der Waals surface area contributed by atoms with Gasteiger partial charge in [0.1, 0.15) is 9.75 Å². The lowest BCUT2D eigenvalue weighted by Crippen LogP contribution is -2.12. The number of hydrogen-bond acceptors (Lipinski definition) is 4. The molecule has 17 heavy (non-hydrogen) atoms. The van der Waals surface area contributed by atoms with E-state index in [1.54, 1.807) is 0 Å². The number of carbonyl (C=O) groups excluding carboxylic acids is 1. The molecule has 0 atom stereocenters. The summed E-state index contributed by atoms with van der Waals surface area (Å²) in [5.41, 5.74) is 0. The minimum atomic E-state index is -1.02. The van der Waals surface area contributed by atoms with Crippen molar-refractivity contribution in [3.8, 4) is 0 Å². The van der Waals surface area contributed by atoms with Crippen molar-refractivity contribution in [3.63, 3.8) is 0 Å². The molecule has 0 unspecified atom stereocenters. The van der Waals surface area contributed by atoms with Crippen molar-refractivity contribution in [2.24, 2.45) is 5.92 Å². The minimum Gasteiger partial charge on any atom is -0.477 e. The molecule has 5 heteroatoms. The van der Waals surface area contributed by atoms with Crippen LogP contribution in [0.15, 0.2) is 12.1 Å². The van der Waals surface area contributed by atoms with Crippen LogP contribution in [0.3, 0.4) is 0 Å². The van der Waals surface area contributed by atoms with Gasteiger partial charge < -0.3 is 9.84 Å². The molecule has 1 aromatic heterocycles. The van der Waals surface area contributed by atoms with Gasteiger partial charge in [-0.05, 0) is 18.1 Å². The molecule has 0 bridgehead atoms. The van der Waals surface area contributed by atoms with Crippen LogP contribution in [0.4, 0.5) is 0 Å². The first kappa shape index (κ1) is 13.7. The standard InChI is InChI=1S/C12H16O4S/c1-3-8(4-2)7-16-12(15)10-6-5-9(17-10)11(13)14/h5-6,8H,3-4,7H2,1-2H3,(H,13,14). The maximum atomic E-state index is 11.6. The molecule has 4 nitrogen and oxygen atoms in total. The van der Waals surface area contributed by atoms with E-state index in [1.165, 1.54) is 12.1 Å². The molecular weight excluding hydrogens is 240 g/mol. The normalized spacial score (nSPS) is 10.5. The highest BCUT2D eigenvalue weighted by atomic mass is 32.1. The van der Waals surface area contributed by atoms with Gasteiger partial charge in [-0.25, -0.2) is 9.59 Å². The number of carbonyl (C=O) groups is 2. The number of carboxylic acid groups (broad SMARTS) is 1. The summed E-state index contributed by atoms with van der Waals surface area (Å²) in [4.78, 5) is 22.8. The van der Waals surface area contributed by atoms with E-state index in [9.17, 15) is 9.59 Å². The monoisotopic (exact) mass is 256 g/mol. The molecule has 1 N–H and O–H groups in total. The van der Waals surface area contributed by atoms with Gasteiger partial charge in [0.25, 0.3) is 0 Å². The highest BCUT2D eigenvalue weighted by Crippen LogP contribution is 2.18. The van der Waals surface area contributed by atoms with Gasteiger partial charge in [-0.1, -0.05) is 26.7 Å². The molecule has 1 aromatic rings. The fraction of sp³-hybridized carbons (Fsp3) is 0.500. The van der Waals surface area contributed by atoms with Crippen molar-refractivity contribution in [1.29, 1.82) is 0 Å². The molecular formula is C12H16O4S. The maximum Gasteiger partial charge on any atom is 0.348 e. The molecule has 0 aliphatic carbocycles. The summed E-state index contributed by atoms with van der Waals surface area (Å²) in [6.45, 7) is 4.50. The van der Waals surface area contributed by atoms with Gasteiger partial charge in [0.05, 0.1) is 6.61 Å². The zero-order chi connectivity index (χ0) is 12.8. The van der Waals surface area contributed by atoms with E-state index in [4.69, 9.17) is 9.84 Å². The van der Waals surface area contributed by atoms with Crippen molar-refractivity contribution in [3.05, 3.63) is 21.9 Å². The van der Waals surface area contributed by atoms with Crippen LogP contribution in [-0.2, 0) is 4.74 Å². The predicted molar refractivity (Wildman–Crippen MR) is 65.6 cm³/mol. The Morgan fingerprint density at radius 1 is 1.29 bits per heavy atom. The SMILES string of the molecule is CCC(CC)COC(=O)c1ccc(C(=O)O)s1. The van der Waals surface area contributed by atoms with Crippen LogP contribution < -0.4 is 0 Å². The highest BCUT2D eigenvalue weighted by Gasteiger charge is 2.15. The largest absolute Gasteiger partial charge is 0.477 e.